The lowest BCUT2D eigenvalue weighted by Crippen LogP contribution is -2.32. The van der Waals surface area contributed by atoms with E-state index < -0.39 is 11.7 Å². The van der Waals surface area contributed by atoms with Crippen LogP contribution in [0.25, 0.3) is 10.9 Å². The number of halogens is 3. The number of hydrogen-bond donors (Lipinski definition) is 1. The van der Waals surface area contributed by atoms with Crippen molar-refractivity contribution in [1.29, 1.82) is 0 Å². The summed E-state index contributed by atoms with van der Waals surface area (Å²) in [6.45, 7) is 9.02. The first-order valence-corrected chi connectivity index (χ1v) is 12.0. The van der Waals surface area contributed by atoms with Gasteiger partial charge in [0.2, 0.25) is 0 Å². The predicted molar refractivity (Wildman–Crippen MR) is 138 cm³/mol. The molecule has 3 aromatic carbocycles. The molecule has 0 saturated carbocycles. The first-order valence-electron chi connectivity index (χ1n) is 12.0. The minimum atomic E-state index is -4.40. The highest BCUT2D eigenvalue weighted by atomic mass is 19.4. The van der Waals surface area contributed by atoms with Gasteiger partial charge < -0.3 is 9.88 Å². The Hall–Kier alpha value is -3.54. The Bertz CT molecular complexity index is 1360. The van der Waals surface area contributed by atoms with E-state index in [9.17, 15) is 18.0 Å². The Kier molecular flexibility index (Phi) is 6.98. The van der Waals surface area contributed by atoms with Crippen molar-refractivity contribution in [1.82, 2.24) is 9.88 Å². The van der Waals surface area contributed by atoms with Crippen molar-refractivity contribution in [3.05, 3.63) is 106 Å². The van der Waals surface area contributed by atoms with Crippen LogP contribution in [-0.2, 0) is 24.6 Å². The van der Waals surface area contributed by atoms with E-state index >= 15 is 0 Å². The molecule has 0 bridgehead atoms. The third-order valence-electron chi connectivity index (χ3n) is 6.43. The topological polar surface area (TPSA) is 36.1 Å². The van der Waals surface area contributed by atoms with E-state index in [1.54, 1.807) is 17.0 Å². The lowest BCUT2D eigenvalue weighted by Gasteiger charge is -2.25. The van der Waals surface area contributed by atoms with Crippen LogP contribution in [0.1, 0.15) is 59.1 Å². The van der Waals surface area contributed by atoms with Crippen LogP contribution in [0.3, 0.4) is 0 Å². The molecule has 188 valence electrons. The molecule has 0 radical (unpaired) electrons. The third kappa shape index (κ3) is 5.81. The van der Waals surface area contributed by atoms with Gasteiger partial charge in [-0.15, -0.1) is 0 Å². The van der Waals surface area contributed by atoms with Crippen molar-refractivity contribution < 1.29 is 18.0 Å². The summed E-state index contributed by atoms with van der Waals surface area (Å²) < 4.78 is 39.6. The second-order valence-electron chi connectivity index (χ2n) is 10.3. The zero-order chi connectivity index (χ0) is 26.1. The summed E-state index contributed by atoms with van der Waals surface area (Å²) in [6, 6.07) is 21.1. The van der Waals surface area contributed by atoms with Gasteiger partial charge in [-0.3, -0.25) is 4.79 Å². The van der Waals surface area contributed by atoms with Crippen molar-refractivity contribution in [2.24, 2.45) is 0 Å². The number of carbonyl (C=O) groups is 1. The van der Waals surface area contributed by atoms with Gasteiger partial charge in [0.25, 0.3) is 5.91 Å². The number of aromatic amines is 1. The van der Waals surface area contributed by atoms with Crippen molar-refractivity contribution in [2.75, 3.05) is 6.54 Å². The normalized spacial score (nSPS) is 12.2. The van der Waals surface area contributed by atoms with Crippen LogP contribution >= 0.6 is 0 Å². The molecule has 1 heterocycles. The average Bonchev–Trinajstić information content (AvgIpc) is 3.21. The number of amides is 1. The molecule has 0 aliphatic heterocycles. The van der Waals surface area contributed by atoms with Crippen LogP contribution in [0.5, 0.6) is 0 Å². The van der Waals surface area contributed by atoms with E-state index in [0.717, 1.165) is 34.3 Å². The van der Waals surface area contributed by atoms with Crippen LogP contribution < -0.4 is 0 Å². The number of hydrogen-bond acceptors (Lipinski definition) is 1. The smallest absolute Gasteiger partial charge is 0.358 e. The van der Waals surface area contributed by atoms with E-state index in [-0.39, 0.29) is 17.9 Å². The summed E-state index contributed by atoms with van der Waals surface area (Å²) in [4.78, 5) is 18.8. The van der Waals surface area contributed by atoms with Gasteiger partial charge in [0.05, 0.1) is 16.6 Å². The Balaban J connectivity index is 1.63. The molecule has 0 fully saturated rings. The molecular weight excluding hydrogens is 461 g/mol. The highest BCUT2D eigenvalue weighted by molar-refractivity contribution is 6.05. The lowest BCUT2D eigenvalue weighted by molar-refractivity contribution is -0.137. The Labute approximate surface area is 210 Å². The molecular formula is C30H31F3N2O. The molecule has 36 heavy (non-hydrogen) atoms. The molecule has 3 nitrogen and oxygen atoms in total. The van der Waals surface area contributed by atoms with Crippen LogP contribution in [0.2, 0.25) is 0 Å². The number of carbonyl (C=O) groups excluding carboxylic acids is 1. The minimum Gasteiger partial charge on any atom is -0.358 e. The highest BCUT2D eigenvalue weighted by Crippen LogP contribution is 2.30. The van der Waals surface area contributed by atoms with Gasteiger partial charge in [-0.05, 0) is 53.6 Å². The minimum absolute atomic E-state index is 0.0126. The number of aromatic nitrogens is 1. The van der Waals surface area contributed by atoms with Crippen molar-refractivity contribution in [3.63, 3.8) is 0 Å². The fourth-order valence-corrected chi connectivity index (χ4v) is 4.40. The van der Waals surface area contributed by atoms with E-state index in [0.29, 0.717) is 24.1 Å². The van der Waals surface area contributed by atoms with Crippen LogP contribution in [0.15, 0.2) is 72.8 Å². The molecule has 1 aromatic heterocycles. The largest absolute Gasteiger partial charge is 0.416 e. The summed E-state index contributed by atoms with van der Waals surface area (Å²) >= 11 is 0. The van der Waals surface area contributed by atoms with Gasteiger partial charge in [0.1, 0.15) is 0 Å². The number of para-hydroxylation sites is 1. The van der Waals surface area contributed by atoms with Crippen molar-refractivity contribution in [3.8, 4) is 0 Å². The van der Waals surface area contributed by atoms with Gasteiger partial charge in [0.15, 0.2) is 0 Å². The second-order valence-corrected chi connectivity index (χ2v) is 10.3. The summed E-state index contributed by atoms with van der Waals surface area (Å²) in [5.41, 5.74) is 4.32. The van der Waals surface area contributed by atoms with E-state index in [1.807, 2.05) is 37.3 Å². The monoisotopic (exact) mass is 492 g/mol. The fraction of sp³-hybridized carbons (Fsp3) is 0.300. The second kappa shape index (κ2) is 9.84. The fourth-order valence-electron chi connectivity index (χ4n) is 4.40. The predicted octanol–water partition coefficient (Wildman–Crippen LogP) is 7.68. The number of nitrogens with zero attached hydrogens (tertiary/aromatic N) is 1. The van der Waals surface area contributed by atoms with Gasteiger partial charge in [-0.25, -0.2) is 0 Å². The standard InChI is InChI=1S/C30H31F3N2O/c1-20-17-23-8-6-10-26(27(23)34-20)28(36)35(19-22-11-13-24(14-12-22)29(2,3)4)16-15-21-7-5-9-25(18-21)30(31,32)33/h5-14,17-18,34H,15-16,19H2,1-4H3. The van der Waals surface area contributed by atoms with Crippen LogP contribution in [-0.4, -0.2) is 22.3 Å². The highest BCUT2D eigenvalue weighted by Gasteiger charge is 2.30. The quantitative estimate of drug-likeness (QED) is 0.294. The number of nitrogens with one attached hydrogen (secondary N) is 1. The molecule has 0 aliphatic carbocycles. The third-order valence-corrected chi connectivity index (χ3v) is 6.43. The van der Waals surface area contributed by atoms with Crippen LogP contribution in [0.4, 0.5) is 13.2 Å². The van der Waals surface area contributed by atoms with Gasteiger partial charge in [-0.2, -0.15) is 13.2 Å². The number of benzene rings is 3. The zero-order valence-corrected chi connectivity index (χ0v) is 21.0. The molecule has 0 spiro atoms. The maximum absolute atomic E-state index is 13.8. The lowest BCUT2D eigenvalue weighted by atomic mass is 9.87. The molecule has 0 saturated heterocycles. The molecule has 6 heteroatoms. The van der Waals surface area contributed by atoms with Crippen molar-refractivity contribution in [2.45, 2.75) is 52.3 Å². The maximum atomic E-state index is 13.8. The van der Waals surface area contributed by atoms with Gasteiger partial charge in [0, 0.05) is 24.2 Å². The average molecular weight is 493 g/mol. The number of rotatable bonds is 6. The molecule has 0 atom stereocenters. The summed E-state index contributed by atoms with van der Waals surface area (Å²) in [5, 5.41) is 0.950. The first-order chi connectivity index (χ1) is 16.9. The molecule has 4 rings (SSSR count). The summed E-state index contributed by atoms with van der Waals surface area (Å²) in [6.07, 6.45) is -4.09. The number of fused-ring (bicyclic) bond motifs is 1. The Morgan fingerprint density at radius 1 is 0.861 bits per heavy atom. The molecule has 1 N–H and O–H groups in total. The number of H-pyrrole nitrogens is 1. The molecule has 0 aliphatic rings. The van der Waals surface area contributed by atoms with Crippen LogP contribution in [0, 0.1) is 6.92 Å². The first kappa shape index (κ1) is 25.5. The number of alkyl halides is 3. The number of aryl methyl sites for hydroxylation is 1. The zero-order valence-electron chi connectivity index (χ0n) is 21.0. The van der Waals surface area contributed by atoms with Gasteiger partial charge >= 0.3 is 6.18 Å². The SMILES string of the molecule is Cc1cc2cccc(C(=O)N(CCc3cccc(C(F)(F)F)c3)Cc3ccc(C(C)(C)C)cc3)c2[nH]1. The van der Waals surface area contributed by atoms with E-state index in [1.165, 1.54) is 11.6 Å². The maximum Gasteiger partial charge on any atom is 0.416 e. The van der Waals surface area contributed by atoms with E-state index in [2.05, 4.69) is 37.9 Å². The Morgan fingerprint density at radius 2 is 1.56 bits per heavy atom. The van der Waals surface area contributed by atoms with Crippen molar-refractivity contribution >= 4 is 16.8 Å². The molecule has 0 unspecified atom stereocenters. The summed E-state index contributed by atoms with van der Waals surface area (Å²) in [5.74, 6) is -0.158. The Morgan fingerprint density at radius 3 is 2.22 bits per heavy atom. The van der Waals surface area contributed by atoms with E-state index in [4.69, 9.17) is 0 Å². The summed E-state index contributed by atoms with van der Waals surface area (Å²) in [7, 11) is 0. The van der Waals surface area contributed by atoms with Gasteiger partial charge in [-0.1, -0.05) is 75.4 Å². The molecule has 4 aromatic rings. The molecule has 1 amide bonds.